The molecule has 0 aliphatic carbocycles. The van der Waals surface area contributed by atoms with E-state index in [9.17, 15) is 9.59 Å². The number of carboxylic acid groups (broad SMARTS) is 1. The van der Waals surface area contributed by atoms with E-state index in [0.717, 1.165) is 0 Å². The molecule has 0 fully saturated rings. The van der Waals surface area contributed by atoms with Crippen LogP contribution in [0.2, 0.25) is 0 Å². The zero-order chi connectivity index (χ0) is 12.9. The van der Waals surface area contributed by atoms with Gasteiger partial charge >= 0.3 is 5.97 Å². The van der Waals surface area contributed by atoms with E-state index in [0.29, 0.717) is 12.5 Å². The van der Waals surface area contributed by atoms with Crippen molar-refractivity contribution in [2.75, 3.05) is 13.6 Å². The van der Waals surface area contributed by atoms with Gasteiger partial charge in [0.15, 0.2) is 0 Å². The zero-order valence-electron chi connectivity index (χ0n) is 10.7. The van der Waals surface area contributed by atoms with Crippen molar-refractivity contribution >= 4 is 11.9 Å². The molecule has 0 spiro atoms. The number of likely N-dealkylation sites (N-methyl/N-ethyl adjacent to an activating group) is 1. The van der Waals surface area contributed by atoms with Gasteiger partial charge in [-0.05, 0) is 19.9 Å². The lowest BCUT2D eigenvalue weighted by Gasteiger charge is -2.30. The van der Waals surface area contributed by atoms with E-state index in [1.807, 2.05) is 18.9 Å². The highest BCUT2D eigenvalue weighted by molar-refractivity contribution is 5.82. The van der Waals surface area contributed by atoms with Gasteiger partial charge in [0.2, 0.25) is 5.91 Å². The van der Waals surface area contributed by atoms with Gasteiger partial charge in [-0.25, -0.2) is 4.79 Å². The number of rotatable bonds is 6. The summed E-state index contributed by atoms with van der Waals surface area (Å²) in [5, 5.41) is 11.4. The molecular weight excluding hydrogens is 208 g/mol. The number of carbonyl (C=O) groups excluding carboxylic acids is 1. The molecule has 0 aromatic carbocycles. The van der Waals surface area contributed by atoms with Crippen molar-refractivity contribution in [1.29, 1.82) is 0 Å². The number of nitrogens with one attached hydrogen (secondary N) is 1. The Morgan fingerprint density at radius 2 is 1.81 bits per heavy atom. The molecule has 2 N–H and O–H groups in total. The molecule has 0 bridgehead atoms. The first-order valence-electron chi connectivity index (χ1n) is 5.45. The minimum Gasteiger partial charge on any atom is -0.480 e. The molecule has 0 aliphatic heterocycles. The summed E-state index contributed by atoms with van der Waals surface area (Å²) in [7, 11) is 1.86. The second-order valence-corrected chi connectivity index (χ2v) is 4.52. The normalized spacial score (nSPS) is 14.9. The van der Waals surface area contributed by atoms with Gasteiger partial charge in [0.25, 0.3) is 0 Å². The van der Waals surface area contributed by atoms with Gasteiger partial charge in [-0.1, -0.05) is 13.8 Å². The molecule has 0 saturated heterocycles. The molecule has 2 atom stereocenters. The third-order valence-corrected chi connectivity index (χ3v) is 2.81. The summed E-state index contributed by atoms with van der Waals surface area (Å²) in [4.78, 5) is 23.7. The van der Waals surface area contributed by atoms with Crippen LogP contribution < -0.4 is 5.32 Å². The average Bonchev–Trinajstić information content (AvgIpc) is 2.14. The molecule has 0 radical (unpaired) electrons. The van der Waals surface area contributed by atoms with Gasteiger partial charge in [-0.2, -0.15) is 0 Å². The Hall–Kier alpha value is -1.10. The Morgan fingerprint density at radius 3 is 2.12 bits per heavy atom. The summed E-state index contributed by atoms with van der Waals surface area (Å²) in [6.07, 6.45) is 0. The fraction of sp³-hybridized carbons (Fsp3) is 0.818. The summed E-state index contributed by atoms with van der Waals surface area (Å²) in [6.45, 7) is 7.83. The summed E-state index contributed by atoms with van der Waals surface area (Å²) in [6, 6.07) is -0.570. The molecule has 5 nitrogen and oxygen atoms in total. The topological polar surface area (TPSA) is 69.6 Å². The van der Waals surface area contributed by atoms with Crippen LogP contribution in [0.3, 0.4) is 0 Å². The minimum absolute atomic E-state index is 0.274. The highest BCUT2D eigenvalue weighted by Crippen LogP contribution is 2.08. The number of hydrogen-bond donors (Lipinski definition) is 2. The molecular formula is C11H22N2O3. The Balaban J connectivity index is 4.39. The summed E-state index contributed by atoms with van der Waals surface area (Å²) < 4.78 is 0. The maximum absolute atomic E-state index is 10.9. The Kier molecular flexibility index (Phi) is 6.03. The number of aliphatic carboxylic acids is 1. The van der Waals surface area contributed by atoms with Gasteiger partial charge in [0.05, 0.1) is 0 Å². The molecule has 16 heavy (non-hydrogen) atoms. The smallest absolute Gasteiger partial charge is 0.327 e. The third-order valence-electron chi connectivity index (χ3n) is 2.81. The summed E-state index contributed by atoms with van der Waals surface area (Å²) in [5.74, 6) is -0.882. The van der Waals surface area contributed by atoms with Gasteiger partial charge in [-0.3, -0.25) is 4.79 Å². The molecule has 2 unspecified atom stereocenters. The van der Waals surface area contributed by atoms with Crippen LogP contribution in [0.25, 0.3) is 0 Å². The predicted molar refractivity (Wildman–Crippen MR) is 62.2 cm³/mol. The second-order valence-electron chi connectivity index (χ2n) is 4.52. The molecule has 1 amide bonds. The van der Waals surface area contributed by atoms with Gasteiger partial charge in [0.1, 0.15) is 6.04 Å². The van der Waals surface area contributed by atoms with E-state index in [1.165, 1.54) is 6.92 Å². The lowest BCUT2D eigenvalue weighted by molar-refractivity contribution is -0.142. The highest BCUT2D eigenvalue weighted by Gasteiger charge is 2.23. The lowest BCUT2D eigenvalue weighted by atomic mass is 10.0. The van der Waals surface area contributed by atoms with Crippen LogP contribution in [0, 0.1) is 5.92 Å². The first kappa shape index (κ1) is 14.9. The number of hydrogen-bond acceptors (Lipinski definition) is 3. The summed E-state index contributed by atoms with van der Waals surface area (Å²) >= 11 is 0. The lowest BCUT2D eigenvalue weighted by Crippen LogP contribution is -2.49. The fourth-order valence-corrected chi connectivity index (χ4v) is 1.39. The van der Waals surface area contributed by atoms with E-state index in [-0.39, 0.29) is 11.9 Å². The van der Waals surface area contributed by atoms with Crippen molar-refractivity contribution < 1.29 is 14.7 Å². The Labute approximate surface area is 96.8 Å². The predicted octanol–water partition coefficient (Wildman–Crippen LogP) is 0.552. The van der Waals surface area contributed by atoms with Crippen LogP contribution in [-0.4, -0.2) is 47.6 Å². The van der Waals surface area contributed by atoms with Crippen molar-refractivity contribution in [3.63, 3.8) is 0 Å². The van der Waals surface area contributed by atoms with Crippen molar-refractivity contribution in [3.05, 3.63) is 0 Å². The van der Waals surface area contributed by atoms with Crippen LogP contribution in [0.1, 0.15) is 27.7 Å². The van der Waals surface area contributed by atoms with Crippen LogP contribution in [-0.2, 0) is 9.59 Å². The number of carbonyl (C=O) groups is 2. The monoisotopic (exact) mass is 230 g/mol. The number of nitrogens with zero attached hydrogens (tertiary/aromatic N) is 1. The van der Waals surface area contributed by atoms with E-state index in [2.05, 4.69) is 19.2 Å². The third kappa shape index (κ3) is 5.11. The molecule has 94 valence electrons. The second kappa shape index (κ2) is 6.48. The van der Waals surface area contributed by atoms with E-state index < -0.39 is 12.0 Å². The molecule has 0 saturated carbocycles. The standard InChI is InChI=1S/C11H22N2O3/c1-7(2)8(3)13(5)6-10(11(15)16)12-9(4)14/h7-8,10H,6H2,1-5H3,(H,12,14)(H,15,16). The van der Waals surface area contributed by atoms with Gasteiger partial charge < -0.3 is 15.3 Å². The fourth-order valence-electron chi connectivity index (χ4n) is 1.39. The molecule has 5 heteroatoms. The highest BCUT2D eigenvalue weighted by atomic mass is 16.4. The molecule has 0 rings (SSSR count). The van der Waals surface area contributed by atoms with E-state index in [4.69, 9.17) is 5.11 Å². The Morgan fingerprint density at radius 1 is 1.31 bits per heavy atom. The molecule has 0 aromatic heterocycles. The average molecular weight is 230 g/mol. The van der Waals surface area contributed by atoms with Crippen molar-refractivity contribution in [3.8, 4) is 0 Å². The van der Waals surface area contributed by atoms with Crippen LogP contribution in [0.4, 0.5) is 0 Å². The van der Waals surface area contributed by atoms with Gasteiger partial charge in [-0.15, -0.1) is 0 Å². The minimum atomic E-state index is -1.00. The molecule has 0 heterocycles. The quantitative estimate of drug-likeness (QED) is 0.699. The van der Waals surface area contributed by atoms with Crippen LogP contribution in [0.5, 0.6) is 0 Å². The maximum atomic E-state index is 10.9. The van der Waals surface area contributed by atoms with Crippen LogP contribution >= 0.6 is 0 Å². The SMILES string of the molecule is CC(=O)NC(CN(C)C(C)C(C)C)C(=O)O. The van der Waals surface area contributed by atoms with Crippen molar-refractivity contribution in [2.24, 2.45) is 5.92 Å². The zero-order valence-corrected chi connectivity index (χ0v) is 10.7. The molecule has 0 aliphatic rings. The first-order chi connectivity index (χ1) is 7.25. The number of amides is 1. The number of carboxylic acids is 1. The summed E-state index contributed by atoms with van der Waals surface area (Å²) in [5.41, 5.74) is 0. The molecule has 0 aromatic rings. The van der Waals surface area contributed by atoms with Crippen molar-refractivity contribution in [1.82, 2.24) is 10.2 Å². The largest absolute Gasteiger partial charge is 0.480 e. The van der Waals surface area contributed by atoms with E-state index in [1.54, 1.807) is 0 Å². The first-order valence-corrected chi connectivity index (χ1v) is 5.45. The Bertz CT molecular complexity index is 254. The maximum Gasteiger partial charge on any atom is 0.327 e. The van der Waals surface area contributed by atoms with E-state index >= 15 is 0 Å². The van der Waals surface area contributed by atoms with Crippen LogP contribution in [0.15, 0.2) is 0 Å². The van der Waals surface area contributed by atoms with Crippen molar-refractivity contribution in [2.45, 2.75) is 39.8 Å². The van der Waals surface area contributed by atoms with Gasteiger partial charge in [0, 0.05) is 19.5 Å².